The van der Waals surface area contributed by atoms with Crippen molar-refractivity contribution in [3.63, 3.8) is 0 Å². The molecular weight excluding hydrogens is 120 g/mol. The van der Waals surface area contributed by atoms with E-state index in [1.807, 2.05) is 6.92 Å². The molecule has 0 heterocycles. The third kappa shape index (κ3) is 1.23. The summed E-state index contributed by atoms with van der Waals surface area (Å²) < 4.78 is 5.05. The third-order valence-corrected chi connectivity index (χ3v) is 1.63. The Labute approximate surface area is 54.3 Å². The molecule has 0 aromatic heterocycles. The molecule has 0 aliphatic heterocycles. The molecule has 0 amide bonds. The Bertz CT molecular complexity index is 92.3. The Morgan fingerprint density at radius 3 is 2.56 bits per heavy atom. The summed E-state index contributed by atoms with van der Waals surface area (Å²) in [6, 6.07) is 0. The molecule has 0 spiro atoms. The van der Waals surface area contributed by atoms with Crippen molar-refractivity contribution in [3.8, 4) is 0 Å². The molecule has 1 saturated carbocycles. The highest BCUT2D eigenvalue weighted by atomic mass is 16.5. The third-order valence-electron chi connectivity index (χ3n) is 1.63. The predicted molar refractivity (Wildman–Crippen MR) is 32.0 cm³/mol. The smallest absolute Gasteiger partial charge is 0.106 e. The van der Waals surface area contributed by atoms with Gasteiger partial charge in [-0.2, -0.15) is 0 Å². The SMILES string of the molecule is CCOC1C[C@@H](O)[C@H]1O. The van der Waals surface area contributed by atoms with Gasteiger partial charge in [0.1, 0.15) is 6.10 Å². The lowest BCUT2D eigenvalue weighted by atomic mass is 9.88. The van der Waals surface area contributed by atoms with Gasteiger partial charge in [0.25, 0.3) is 0 Å². The highest BCUT2D eigenvalue weighted by molar-refractivity contribution is 4.89. The molecule has 3 atom stereocenters. The first kappa shape index (κ1) is 6.99. The van der Waals surface area contributed by atoms with Gasteiger partial charge in [-0.25, -0.2) is 0 Å². The molecule has 1 aliphatic carbocycles. The Hall–Kier alpha value is -0.120. The van der Waals surface area contributed by atoms with Crippen molar-refractivity contribution in [3.05, 3.63) is 0 Å². The van der Waals surface area contributed by atoms with E-state index >= 15 is 0 Å². The number of hydrogen-bond acceptors (Lipinski definition) is 3. The van der Waals surface area contributed by atoms with E-state index in [9.17, 15) is 0 Å². The van der Waals surface area contributed by atoms with Gasteiger partial charge in [0, 0.05) is 13.0 Å². The van der Waals surface area contributed by atoms with Gasteiger partial charge in [-0.1, -0.05) is 0 Å². The summed E-state index contributed by atoms with van der Waals surface area (Å²) in [5.74, 6) is 0. The van der Waals surface area contributed by atoms with Crippen LogP contribution < -0.4 is 0 Å². The van der Waals surface area contributed by atoms with Gasteiger partial charge in [0.15, 0.2) is 0 Å². The fourth-order valence-electron chi connectivity index (χ4n) is 0.950. The van der Waals surface area contributed by atoms with Crippen molar-refractivity contribution < 1.29 is 14.9 Å². The number of rotatable bonds is 2. The predicted octanol–water partition coefficient (Wildman–Crippen LogP) is -0.483. The topological polar surface area (TPSA) is 49.7 Å². The maximum atomic E-state index is 8.93. The highest BCUT2D eigenvalue weighted by Crippen LogP contribution is 2.23. The molecule has 1 fully saturated rings. The summed E-state index contributed by atoms with van der Waals surface area (Å²) in [6.45, 7) is 2.48. The van der Waals surface area contributed by atoms with E-state index < -0.39 is 12.2 Å². The molecule has 2 N–H and O–H groups in total. The van der Waals surface area contributed by atoms with Crippen molar-refractivity contribution in [2.24, 2.45) is 0 Å². The van der Waals surface area contributed by atoms with E-state index in [1.54, 1.807) is 0 Å². The number of aliphatic hydroxyl groups is 2. The van der Waals surface area contributed by atoms with Crippen LogP contribution in [-0.4, -0.2) is 35.1 Å². The maximum absolute atomic E-state index is 8.93. The lowest BCUT2D eigenvalue weighted by Gasteiger charge is -2.37. The van der Waals surface area contributed by atoms with E-state index in [0.29, 0.717) is 13.0 Å². The molecule has 0 aromatic carbocycles. The van der Waals surface area contributed by atoms with Crippen molar-refractivity contribution in [2.45, 2.75) is 31.7 Å². The Morgan fingerprint density at radius 1 is 1.56 bits per heavy atom. The minimum atomic E-state index is -0.648. The minimum Gasteiger partial charge on any atom is -0.390 e. The minimum absolute atomic E-state index is 0.120. The summed E-state index contributed by atoms with van der Waals surface area (Å²) in [7, 11) is 0. The van der Waals surface area contributed by atoms with Gasteiger partial charge in [-0.3, -0.25) is 0 Å². The summed E-state index contributed by atoms with van der Waals surface area (Å²) in [4.78, 5) is 0. The monoisotopic (exact) mass is 132 g/mol. The van der Waals surface area contributed by atoms with Crippen LogP contribution in [0.2, 0.25) is 0 Å². The van der Waals surface area contributed by atoms with Gasteiger partial charge < -0.3 is 14.9 Å². The van der Waals surface area contributed by atoms with Crippen LogP contribution in [0.25, 0.3) is 0 Å². The van der Waals surface area contributed by atoms with Crippen LogP contribution in [0.3, 0.4) is 0 Å². The average molecular weight is 132 g/mol. The van der Waals surface area contributed by atoms with E-state index in [-0.39, 0.29) is 6.10 Å². The van der Waals surface area contributed by atoms with Gasteiger partial charge in [0.2, 0.25) is 0 Å². The fraction of sp³-hybridized carbons (Fsp3) is 1.00. The average Bonchev–Trinajstić information content (AvgIpc) is 1.88. The van der Waals surface area contributed by atoms with Gasteiger partial charge >= 0.3 is 0 Å². The normalized spacial score (nSPS) is 42.3. The molecule has 0 saturated heterocycles. The Morgan fingerprint density at radius 2 is 2.22 bits per heavy atom. The molecule has 1 unspecified atom stereocenters. The summed E-state index contributed by atoms with van der Waals surface area (Å²) >= 11 is 0. The first-order chi connectivity index (χ1) is 4.25. The highest BCUT2D eigenvalue weighted by Gasteiger charge is 2.38. The summed E-state index contributed by atoms with van der Waals surface area (Å²) in [5.41, 5.74) is 0. The Balaban J connectivity index is 2.17. The molecule has 1 rings (SSSR count). The van der Waals surface area contributed by atoms with Crippen LogP contribution in [0.15, 0.2) is 0 Å². The quantitative estimate of drug-likeness (QED) is 0.533. The van der Waals surface area contributed by atoms with E-state index in [0.717, 1.165) is 0 Å². The van der Waals surface area contributed by atoms with Gasteiger partial charge in [0.05, 0.1) is 12.2 Å². The van der Waals surface area contributed by atoms with Crippen LogP contribution in [-0.2, 0) is 4.74 Å². The zero-order chi connectivity index (χ0) is 6.85. The van der Waals surface area contributed by atoms with Crippen molar-refractivity contribution in [1.29, 1.82) is 0 Å². The maximum Gasteiger partial charge on any atom is 0.106 e. The number of aliphatic hydroxyl groups excluding tert-OH is 2. The van der Waals surface area contributed by atoms with Crippen LogP contribution in [0.5, 0.6) is 0 Å². The second-order valence-corrected chi connectivity index (χ2v) is 2.29. The Kier molecular flexibility index (Phi) is 2.05. The summed E-state index contributed by atoms with van der Waals surface area (Å²) in [5, 5.41) is 17.7. The first-order valence-corrected chi connectivity index (χ1v) is 3.23. The van der Waals surface area contributed by atoms with Gasteiger partial charge in [-0.05, 0) is 6.92 Å². The standard InChI is InChI=1S/C6H12O3/c1-2-9-5-3-4(7)6(5)8/h4-8H,2-3H2,1H3/t4-,5?,6-/m1/s1. The number of hydrogen-bond donors (Lipinski definition) is 2. The second kappa shape index (κ2) is 2.64. The van der Waals surface area contributed by atoms with Crippen LogP contribution in [0.1, 0.15) is 13.3 Å². The largest absolute Gasteiger partial charge is 0.390 e. The van der Waals surface area contributed by atoms with Crippen LogP contribution >= 0.6 is 0 Å². The molecule has 3 nitrogen and oxygen atoms in total. The molecule has 0 radical (unpaired) electrons. The molecule has 9 heavy (non-hydrogen) atoms. The zero-order valence-corrected chi connectivity index (χ0v) is 5.45. The van der Waals surface area contributed by atoms with Crippen molar-refractivity contribution in [1.82, 2.24) is 0 Å². The van der Waals surface area contributed by atoms with E-state index in [1.165, 1.54) is 0 Å². The van der Waals surface area contributed by atoms with Crippen LogP contribution in [0.4, 0.5) is 0 Å². The molecule has 54 valence electrons. The molecule has 0 bridgehead atoms. The van der Waals surface area contributed by atoms with Crippen molar-refractivity contribution >= 4 is 0 Å². The number of ether oxygens (including phenoxy) is 1. The molecule has 1 aliphatic rings. The zero-order valence-electron chi connectivity index (χ0n) is 5.45. The molecule has 3 heteroatoms. The second-order valence-electron chi connectivity index (χ2n) is 2.29. The lowest BCUT2D eigenvalue weighted by Crippen LogP contribution is -2.51. The van der Waals surface area contributed by atoms with Gasteiger partial charge in [-0.15, -0.1) is 0 Å². The first-order valence-electron chi connectivity index (χ1n) is 3.23. The summed E-state index contributed by atoms with van der Waals surface area (Å²) in [6.07, 6.45) is -0.744. The molecular formula is C6H12O3. The van der Waals surface area contributed by atoms with E-state index in [4.69, 9.17) is 14.9 Å². The fourth-order valence-corrected chi connectivity index (χ4v) is 0.950. The van der Waals surface area contributed by atoms with E-state index in [2.05, 4.69) is 0 Å². The molecule has 0 aromatic rings. The lowest BCUT2D eigenvalue weighted by molar-refractivity contribution is -0.166. The van der Waals surface area contributed by atoms with Crippen LogP contribution in [0, 0.1) is 0 Å². The van der Waals surface area contributed by atoms with Crippen molar-refractivity contribution in [2.75, 3.05) is 6.61 Å².